The van der Waals surface area contributed by atoms with Crippen LogP contribution in [0.5, 0.6) is 0 Å². The molecular formula is C13H15N3OS. The van der Waals surface area contributed by atoms with Crippen LogP contribution in [0.25, 0.3) is 0 Å². The van der Waals surface area contributed by atoms with E-state index in [0.29, 0.717) is 5.69 Å². The summed E-state index contributed by atoms with van der Waals surface area (Å²) in [7, 11) is 0. The molecule has 0 unspecified atom stereocenters. The lowest BCUT2D eigenvalue weighted by atomic mass is 10.3. The molecule has 0 radical (unpaired) electrons. The van der Waals surface area contributed by atoms with Gasteiger partial charge in [-0.25, -0.2) is 4.79 Å². The lowest BCUT2D eigenvalue weighted by molar-refractivity contribution is 0.255. The van der Waals surface area contributed by atoms with E-state index in [-0.39, 0.29) is 6.03 Å². The third-order valence-corrected chi connectivity index (χ3v) is 2.88. The van der Waals surface area contributed by atoms with E-state index in [9.17, 15) is 4.79 Å². The average molecular weight is 261 g/mol. The first-order valence-corrected chi connectivity index (χ1v) is 6.36. The fraction of sp³-hybridized carbons (Fsp3) is 0.231. The van der Waals surface area contributed by atoms with Crippen LogP contribution in [0.15, 0.2) is 40.9 Å². The number of amides is 2. The van der Waals surface area contributed by atoms with Gasteiger partial charge in [-0.15, -0.1) is 0 Å². The molecule has 0 aromatic heterocycles. The molecule has 18 heavy (non-hydrogen) atoms. The number of hydrogen-bond acceptors (Lipinski definition) is 3. The van der Waals surface area contributed by atoms with Crippen molar-refractivity contribution in [3.05, 3.63) is 36.0 Å². The molecule has 2 amide bonds. The Bertz CT molecular complexity index is 474. The van der Waals surface area contributed by atoms with Crippen molar-refractivity contribution in [3.8, 4) is 5.40 Å². The summed E-state index contributed by atoms with van der Waals surface area (Å²) >= 11 is 1.09. The van der Waals surface area contributed by atoms with Gasteiger partial charge in [0.15, 0.2) is 0 Å². The molecule has 4 nitrogen and oxygen atoms in total. The van der Waals surface area contributed by atoms with Crippen molar-refractivity contribution in [3.63, 3.8) is 0 Å². The van der Waals surface area contributed by atoms with Crippen LogP contribution < -0.4 is 10.6 Å². The Hall–Kier alpha value is -1.93. The molecule has 0 aliphatic heterocycles. The fourth-order valence-electron chi connectivity index (χ4n) is 1.12. The van der Waals surface area contributed by atoms with E-state index in [4.69, 9.17) is 5.26 Å². The Morgan fingerprint density at radius 1 is 1.44 bits per heavy atom. The molecule has 0 heterocycles. The second-order valence-electron chi connectivity index (χ2n) is 3.66. The normalized spacial score (nSPS) is 10.6. The van der Waals surface area contributed by atoms with Crippen molar-refractivity contribution in [2.45, 2.75) is 25.2 Å². The Labute approximate surface area is 111 Å². The highest BCUT2D eigenvalue weighted by Crippen LogP contribution is 2.18. The number of thiocyanates is 1. The van der Waals surface area contributed by atoms with E-state index in [1.165, 1.54) is 0 Å². The molecular weight excluding hydrogens is 246 g/mol. The minimum Gasteiger partial charge on any atom is -0.314 e. The molecule has 0 aliphatic carbocycles. The van der Waals surface area contributed by atoms with Crippen LogP contribution in [0, 0.1) is 10.7 Å². The zero-order chi connectivity index (χ0) is 13.4. The van der Waals surface area contributed by atoms with Gasteiger partial charge in [0, 0.05) is 16.8 Å². The van der Waals surface area contributed by atoms with Crippen LogP contribution in [0.4, 0.5) is 10.5 Å². The second-order valence-corrected chi connectivity index (χ2v) is 4.52. The van der Waals surface area contributed by atoms with Crippen LogP contribution in [-0.4, -0.2) is 6.03 Å². The van der Waals surface area contributed by atoms with Crippen LogP contribution >= 0.6 is 11.8 Å². The summed E-state index contributed by atoms with van der Waals surface area (Å²) in [5, 5.41) is 15.9. The van der Waals surface area contributed by atoms with Crippen LogP contribution in [0.2, 0.25) is 0 Å². The highest BCUT2D eigenvalue weighted by Gasteiger charge is 2.00. The minimum atomic E-state index is -0.275. The Balaban J connectivity index is 2.52. The van der Waals surface area contributed by atoms with E-state index in [0.717, 1.165) is 28.7 Å². The van der Waals surface area contributed by atoms with Gasteiger partial charge in [0.25, 0.3) is 0 Å². The topological polar surface area (TPSA) is 64.9 Å². The monoisotopic (exact) mass is 261 g/mol. The number of rotatable bonds is 4. The Kier molecular flexibility index (Phi) is 5.81. The van der Waals surface area contributed by atoms with Crippen molar-refractivity contribution < 1.29 is 4.79 Å². The molecule has 0 saturated carbocycles. The summed E-state index contributed by atoms with van der Waals surface area (Å²) in [5.74, 6) is 0. The standard InChI is InChI=1S/C13H15N3OS/c1-3-10(2)8-15-13(17)16-11-4-6-12(7-5-11)18-9-14/h4-8H,3H2,1-2H3,(H2,15,16,17)/b10-8+. The third kappa shape index (κ3) is 4.93. The summed E-state index contributed by atoms with van der Waals surface area (Å²) < 4.78 is 0. The summed E-state index contributed by atoms with van der Waals surface area (Å²) in [6.07, 6.45) is 2.59. The van der Waals surface area contributed by atoms with Gasteiger partial charge in [-0.3, -0.25) is 0 Å². The third-order valence-electron chi connectivity index (χ3n) is 2.28. The van der Waals surface area contributed by atoms with Crippen molar-refractivity contribution in [2.75, 3.05) is 5.32 Å². The predicted octanol–water partition coefficient (Wildman–Crippen LogP) is 3.70. The smallest absolute Gasteiger partial charge is 0.314 e. The van der Waals surface area contributed by atoms with E-state index >= 15 is 0 Å². The number of urea groups is 1. The molecule has 0 aliphatic rings. The van der Waals surface area contributed by atoms with E-state index in [1.807, 2.05) is 19.2 Å². The maximum Gasteiger partial charge on any atom is 0.323 e. The van der Waals surface area contributed by atoms with Gasteiger partial charge in [0.1, 0.15) is 5.40 Å². The zero-order valence-corrected chi connectivity index (χ0v) is 11.2. The van der Waals surface area contributed by atoms with Crippen LogP contribution in [-0.2, 0) is 0 Å². The van der Waals surface area contributed by atoms with Crippen molar-refractivity contribution >= 4 is 23.5 Å². The largest absolute Gasteiger partial charge is 0.323 e. The highest BCUT2D eigenvalue weighted by atomic mass is 32.2. The molecule has 0 saturated heterocycles. The SMILES string of the molecule is CC/C(C)=C/NC(=O)Nc1ccc(SC#N)cc1. The molecule has 2 N–H and O–H groups in total. The van der Waals surface area contributed by atoms with E-state index in [1.54, 1.807) is 30.5 Å². The lowest BCUT2D eigenvalue weighted by Gasteiger charge is -2.05. The number of carbonyl (C=O) groups excluding carboxylic acids is 1. The van der Waals surface area contributed by atoms with Gasteiger partial charge in [-0.05, 0) is 49.4 Å². The van der Waals surface area contributed by atoms with Gasteiger partial charge in [0.05, 0.1) is 0 Å². The Morgan fingerprint density at radius 2 is 2.11 bits per heavy atom. The van der Waals surface area contributed by atoms with Crippen LogP contribution in [0.1, 0.15) is 20.3 Å². The first-order valence-electron chi connectivity index (χ1n) is 5.55. The van der Waals surface area contributed by atoms with Gasteiger partial charge in [-0.2, -0.15) is 5.26 Å². The van der Waals surface area contributed by atoms with Crippen molar-refractivity contribution in [1.82, 2.24) is 5.32 Å². The maximum atomic E-state index is 11.5. The molecule has 1 rings (SSSR count). The van der Waals surface area contributed by atoms with Gasteiger partial charge in [-0.1, -0.05) is 12.5 Å². The average Bonchev–Trinajstić information content (AvgIpc) is 2.38. The molecule has 94 valence electrons. The minimum absolute atomic E-state index is 0.275. The second kappa shape index (κ2) is 7.41. The molecule has 5 heteroatoms. The lowest BCUT2D eigenvalue weighted by Crippen LogP contribution is -2.24. The molecule has 0 spiro atoms. The number of nitrogens with one attached hydrogen (secondary N) is 2. The summed E-state index contributed by atoms with van der Waals surface area (Å²) in [5.41, 5.74) is 1.79. The van der Waals surface area contributed by atoms with Gasteiger partial charge < -0.3 is 10.6 Å². The van der Waals surface area contributed by atoms with E-state index < -0.39 is 0 Å². The predicted molar refractivity (Wildman–Crippen MR) is 74.1 cm³/mol. The number of nitriles is 1. The number of hydrogen-bond donors (Lipinski definition) is 2. The molecule has 1 aromatic rings. The number of benzene rings is 1. The van der Waals surface area contributed by atoms with Crippen molar-refractivity contribution in [1.29, 1.82) is 5.26 Å². The van der Waals surface area contributed by atoms with Crippen LogP contribution in [0.3, 0.4) is 0 Å². The van der Waals surface area contributed by atoms with Gasteiger partial charge >= 0.3 is 6.03 Å². The zero-order valence-electron chi connectivity index (χ0n) is 10.4. The summed E-state index contributed by atoms with van der Waals surface area (Å²) in [4.78, 5) is 12.4. The number of carbonyl (C=O) groups is 1. The number of anilines is 1. The van der Waals surface area contributed by atoms with E-state index in [2.05, 4.69) is 10.6 Å². The first kappa shape index (κ1) is 14.1. The van der Waals surface area contributed by atoms with Crippen molar-refractivity contribution in [2.24, 2.45) is 0 Å². The fourth-order valence-corrected chi connectivity index (χ4v) is 1.49. The number of allylic oxidation sites excluding steroid dienone is 1. The van der Waals surface area contributed by atoms with Gasteiger partial charge in [0.2, 0.25) is 0 Å². The Morgan fingerprint density at radius 3 is 2.67 bits per heavy atom. The summed E-state index contributed by atoms with van der Waals surface area (Å²) in [6.45, 7) is 3.98. The summed E-state index contributed by atoms with van der Waals surface area (Å²) in [6, 6.07) is 6.82. The number of thioether (sulfide) groups is 1. The maximum absolute atomic E-state index is 11.5. The molecule has 0 atom stereocenters. The highest BCUT2D eigenvalue weighted by molar-refractivity contribution is 8.03. The quantitative estimate of drug-likeness (QED) is 0.641. The molecule has 0 bridgehead atoms. The molecule has 1 aromatic carbocycles. The number of nitrogens with zero attached hydrogens (tertiary/aromatic N) is 1. The first-order chi connectivity index (χ1) is 8.65. The molecule has 0 fully saturated rings.